The molecule has 0 spiro atoms. The fourth-order valence-electron chi connectivity index (χ4n) is 2.20. The fourth-order valence-corrected chi connectivity index (χ4v) is 3.20. The molecule has 0 amide bonds. The number of aryl methyl sites for hydroxylation is 1. The average Bonchev–Trinajstić information content (AvgIpc) is 2.84. The Kier molecular flexibility index (Phi) is 5.64. The lowest BCUT2D eigenvalue weighted by Crippen LogP contribution is -2.25. The van der Waals surface area contributed by atoms with Crippen molar-refractivity contribution in [3.8, 4) is 5.75 Å². The van der Waals surface area contributed by atoms with Crippen molar-refractivity contribution in [3.05, 3.63) is 42.0 Å². The Bertz CT molecular complexity index is 588. The van der Waals surface area contributed by atoms with E-state index in [2.05, 4.69) is 17.3 Å². The maximum atomic E-state index is 13.2. The summed E-state index contributed by atoms with van der Waals surface area (Å²) in [6, 6.07) is 6.73. The summed E-state index contributed by atoms with van der Waals surface area (Å²) in [7, 11) is 3.54. The van der Waals surface area contributed by atoms with Crippen LogP contribution in [0.2, 0.25) is 0 Å². The van der Waals surface area contributed by atoms with Crippen molar-refractivity contribution >= 4 is 11.8 Å². The predicted molar refractivity (Wildman–Crippen MR) is 83.3 cm³/mol. The molecule has 0 saturated carbocycles. The summed E-state index contributed by atoms with van der Waals surface area (Å²) in [6.45, 7) is 2.89. The maximum absolute atomic E-state index is 13.2. The third-order valence-electron chi connectivity index (χ3n) is 3.16. The number of halogens is 1. The van der Waals surface area contributed by atoms with Crippen LogP contribution in [-0.2, 0) is 7.05 Å². The van der Waals surface area contributed by atoms with E-state index in [1.807, 2.05) is 17.8 Å². The van der Waals surface area contributed by atoms with Crippen LogP contribution in [0.1, 0.15) is 18.7 Å². The molecule has 0 bridgehead atoms. The predicted octanol–water partition coefficient (Wildman–Crippen LogP) is 3.01. The van der Waals surface area contributed by atoms with Gasteiger partial charge in [0.1, 0.15) is 5.82 Å². The smallest absolute Gasteiger partial charge is 0.161 e. The molecule has 21 heavy (non-hydrogen) atoms. The van der Waals surface area contributed by atoms with Crippen molar-refractivity contribution in [1.82, 2.24) is 15.1 Å². The highest BCUT2D eigenvalue weighted by atomic mass is 32.2. The molecule has 1 aromatic carbocycles. The molecule has 0 aliphatic carbocycles. The van der Waals surface area contributed by atoms with E-state index in [4.69, 9.17) is 4.74 Å². The van der Waals surface area contributed by atoms with Crippen LogP contribution in [0.15, 0.2) is 35.4 Å². The van der Waals surface area contributed by atoms with Gasteiger partial charge >= 0.3 is 0 Å². The molecule has 0 saturated heterocycles. The number of rotatable bonds is 7. The van der Waals surface area contributed by atoms with Gasteiger partial charge in [-0.3, -0.25) is 4.68 Å². The summed E-state index contributed by atoms with van der Waals surface area (Å²) < 4.78 is 20.4. The van der Waals surface area contributed by atoms with Crippen LogP contribution in [0.25, 0.3) is 0 Å². The van der Waals surface area contributed by atoms with Gasteiger partial charge in [-0.25, -0.2) is 4.39 Å². The number of aromatic nitrogens is 2. The fraction of sp³-hybridized carbons (Fsp3) is 0.400. The maximum Gasteiger partial charge on any atom is 0.161 e. The van der Waals surface area contributed by atoms with E-state index in [-0.39, 0.29) is 11.9 Å². The highest BCUT2D eigenvalue weighted by Gasteiger charge is 2.20. The number of hydrogen-bond acceptors (Lipinski definition) is 4. The third-order valence-corrected chi connectivity index (χ3v) is 4.25. The van der Waals surface area contributed by atoms with Gasteiger partial charge in [0.05, 0.1) is 25.0 Å². The quantitative estimate of drug-likeness (QED) is 0.798. The molecule has 1 aromatic heterocycles. The third kappa shape index (κ3) is 3.98. The second kappa shape index (κ2) is 7.47. The van der Waals surface area contributed by atoms with Gasteiger partial charge in [-0.15, -0.1) is 11.8 Å². The molecule has 0 fully saturated rings. The molecule has 1 N–H and O–H groups in total. The van der Waals surface area contributed by atoms with Crippen LogP contribution < -0.4 is 10.1 Å². The zero-order valence-electron chi connectivity index (χ0n) is 12.5. The van der Waals surface area contributed by atoms with Crippen molar-refractivity contribution in [1.29, 1.82) is 0 Å². The number of benzene rings is 1. The van der Waals surface area contributed by atoms with Gasteiger partial charge in [0.25, 0.3) is 0 Å². The zero-order chi connectivity index (χ0) is 15.2. The normalized spacial score (nSPS) is 12.4. The second-order valence-corrected chi connectivity index (χ2v) is 5.69. The highest BCUT2D eigenvalue weighted by molar-refractivity contribution is 7.99. The van der Waals surface area contributed by atoms with E-state index in [9.17, 15) is 4.39 Å². The van der Waals surface area contributed by atoms with E-state index in [0.717, 1.165) is 28.6 Å². The Hall–Kier alpha value is -1.53. The van der Waals surface area contributed by atoms with Crippen LogP contribution in [0.3, 0.4) is 0 Å². The first-order valence-corrected chi connectivity index (χ1v) is 7.82. The summed E-state index contributed by atoms with van der Waals surface area (Å²) in [6.07, 6.45) is 1.71. The summed E-state index contributed by atoms with van der Waals surface area (Å²) >= 11 is 1.61. The number of hydrogen-bond donors (Lipinski definition) is 1. The lowest BCUT2D eigenvalue weighted by Gasteiger charge is -2.19. The summed E-state index contributed by atoms with van der Waals surface area (Å²) in [4.78, 5) is 0.916. The standard InChI is InChI=1S/C15H20FN3OS/c1-4-17-13(15-14(20-3)9-18-19(15)2)10-21-12-7-5-6-11(16)8-12/h5-9,13,17H,4,10H2,1-3H3. The average molecular weight is 309 g/mol. The molecule has 1 atom stereocenters. The molecule has 0 aliphatic heterocycles. The van der Waals surface area contributed by atoms with Gasteiger partial charge in [-0.2, -0.15) is 5.10 Å². The van der Waals surface area contributed by atoms with Crippen LogP contribution in [0.4, 0.5) is 4.39 Å². The van der Waals surface area contributed by atoms with E-state index < -0.39 is 0 Å². The molecule has 2 aromatic rings. The van der Waals surface area contributed by atoms with Gasteiger partial charge in [0, 0.05) is 17.7 Å². The molecule has 0 aliphatic rings. The van der Waals surface area contributed by atoms with Crippen molar-refractivity contribution in [3.63, 3.8) is 0 Å². The molecular weight excluding hydrogens is 289 g/mol. The van der Waals surface area contributed by atoms with Crippen LogP contribution >= 0.6 is 11.8 Å². The Morgan fingerprint density at radius 3 is 2.95 bits per heavy atom. The first kappa shape index (κ1) is 15.9. The number of ether oxygens (including phenoxy) is 1. The minimum absolute atomic E-state index is 0.0886. The molecule has 0 radical (unpaired) electrons. The van der Waals surface area contributed by atoms with Crippen molar-refractivity contribution in [2.45, 2.75) is 17.9 Å². The first-order chi connectivity index (χ1) is 10.2. The van der Waals surface area contributed by atoms with E-state index >= 15 is 0 Å². The van der Waals surface area contributed by atoms with Gasteiger partial charge < -0.3 is 10.1 Å². The summed E-state index contributed by atoms with van der Waals surface area (Å²) in [5.41, 5.74) is 1.00. The Morgan fingerprint density at radius 2 is 2.29 bits per heavy atom. The Labute approximate surface area is 128 Å². The number of nitrogens with zero attached hydrogens (tertiary/aromatic N) is 2. The van der Waals surface area contributed by atoms with Crippen LogP contribution in [-0.4, -0.2) is 29.2 Å². The van der Waals surface area contributed by atoms with Crippen molar-refractivity contribution in [2.75, 3.05) is 19.4 Å². The Balaban J connectivity index is 2.14. The zero-order valence-corrected chi connectivity index (χ0v) is 13.3. The van der Waals surface area contributed by atoms with Crippen molar-refractivity contribution in [2.24, 2.45) is 7.05 Å². The topological polar surface area (TPSA) is 39.1 Å². The monoisotopic (exact) mass is 309 g/mol. The van der Waals surface area contributed by atoms with Gasteiger partial charge in [-0.05, 0) is 24.7 Å². The summed E-state index contributed by atoms with van der Waals surface area (Å²) in [5.74, 6) is 1.33. The first-order valence-electron chi connectivity index (χ1n) is 6.83. The molecule has 6 heteroatoms. The molecule has 4 nitrogen and oxygen atoms in total. The van der Waals surface area contributed by atoms with Gasteiger partial charge in [-0.1, -0.05) is 13.0 Å². The second-order valence-electron chi connectivity index (χ2n) is 4.60. The molecule has 114 valence electrons. The SMILES string of the molecule is CCNC(CSc1cccc(F)c1)c1c(OC)cnn1C. The minimum Gasteiger partial charge on any atom is -0.493 e. The molecular formula is C15H20FN3OS. The molecule has 2 rings (SSSR count). The lowest BCUT2D eigenvalue weighted by molar-refractivity contribution is 0.399. The van der Waals surface area contributed by atoms with Crippen LogP contribution in [0.5, 0.6) is 5.75 Å². The van der Waals surface area contributed by atoms with E-state index in [1.165, 1.54) is 6.07 Å². The van der Waals surface area contributed by atoms with Gasteiger partial charge in [0.2, 0.25) is 0 Å². The van der Waals surface area contributed by atoms with Crippen LogP contribution in [0, 0.1) is 5.82 Å². The minimum atomic E-state index is -0.210. The van der Waals surface area contributed by atoms with E-state index in [0.29, 0.717) is 0 Å². The number of thioether (sulfide) groups is 1. The lowest BCUT2D eigenvalue weighted by atomic mass is 10.2. The largest absolute Gasteiger partial charge is 0.493 e. The molecule has 1 unspecified atom stereocenters. The number of nitrogens with one attached hydrogen (secondary N) is 1. The van der Waals surface area contributed by atoms with E-state index in [1.54, 1.807) is 37.2 Å². The number of methoxy groups -OCH3 is 1. The summed E-state index contributed by atoms with van der Waals surface area (Å²) in [5, 5.41) is 7.67. The molecule has 1 heterocycles. The Morgan fingerprint density at radius 1 is 1.48 bits per heavy atom. The highest BCUT2D eigenvalue weighted by Crippen LogP contribution is 2.29. The van der Waals surface area contributed by atoms with Gasteiger partial charge in [0.15, 0.2) is 5.75 Å². The van der Waals surface area contributed by atoms with Crippen molar-refractivity contribution < 1.29 is 9.13 Å².